The van der Waals surface area contributed by atoms with Crippen molar-refractivity contribution < 1.29 is 14.1 Å². The number of halogens is 1. The van der Waals surface area contributed by atoms with Gasteiger partial charge in [0.25, 0.3) is 5.89 Å². The molecule has 7 nitrogen and oxygen atoms in total. The summed E-state index contributed by atoms with van der Waals surface area (Å²) in [5.41, 5.74) is 4.46. The van der Waals surface area contributed by atoms with Crippen LogP contribution in [0.4, 0.5) is 4.79 Å². The first-order valence-electron chi connectivity index (χ1n) is 11.1. The Hall–Kier alpha value is -3.16. The van der Waals surface area contributed by atoms with Gasteiger partial charge in [0.1, 0.15) is 0 Å². The maximum atomic E-state index is 13.1. The summed E-state index contributed by atoms with van der Waals surface area (Å²) in [5, 5.41) is 7.98. The molecule has 8 heteroatoms. The van der Waals surface area contributed by atoms with Gasteiger partial charge in [0.2, 0.25) is 5.82 Å². The van der Waals surface area contributed by atoms with E-state index in [0.717, 1.165) is 47.4 Å². The molecule has 2 atom stereocenters. The Morgan fingerprint density at radius 1 is 1.12 bits per heavy atom. The summed E-state index contributed by atoms with van der Waals surface area (Å²) in [4.78, 5) is 19.5. The molecule has 1 N–H and O–H groups in total. The molecule has 33 heavy (non-hydrogen) atoms. The standard InChI is InChI=1S/C25H25ClN4O3/c1-15-5-7-17(8-6-15)22-21(16(2)30(25(31)27-22)14-20-4-3-13-32-20)24-28-23(29-33-24)18-9-11-19(26)12-10-18/h5-12,20,22H,3-4,13-14H2,1-2H3,(H,27,31). The minimum absolute atomic E-state index is 0.0233. The number of hydrogen-bond acceptors (Lipinski definition) is 5. The van der Waals surface area contributed by atoms with E-state index in [1.807, 2.05) is 50.2 Å². The van der Waals surface area contributed by atoms with E-state index in [2.05, 4.69) is 15.5 Å². The Bertz CT molecular complexity index is 1180. The monoisotopic (exact) mass is 464 g/mol. The van der Waals surface area contributed by atoms with Crippen molar-refractivity contribution in [3.05, 3.63) is 76.3 Å². The van der Waals surface area contributed by atoms with Crippen LogP contribution in [-0.2, 0) is 4.74 Å². The molecular formula is C25H25ClN4O3. The average Bonchev–Trinajstić information content (AvgIpc) is 3.50. The molecule has 2 unspecified atom stereocenters. The second kappa shape index (κ2) is 9.00. The molecule has 0 aliphatic carbocycles. The lowest BCUT2D eigenvalue weighted by molar-refractivity contribution is 0.0877. The highest BCUT2D eigenvalue weighted by Gasteiger charge is 2.37. The van der Waals surface area contributed by atoms with E-state index in [1.54, 1.807) is 17.0 Å². The van der Waals surface area contributed by atoms with Crippen molar-refractivity contribution in [1.82, 2.24) is 20.4 Å². The van der Waals surface area contributed by atoms with E-state index in [4.69, 9.17) is 20.9 Å². The molecule has 0 bridgehead atoms. The fourth-order valence-corrected chi connectivity index (χ4v) is 4.45. The quantitative estimate of drug-likeness (QED) is 0.548. The van der Waals surface area contributed by atoms with E-state index in [-0.39, 0.29) is 12.1 Å². The zero-order chi connectivity index (χ0) is 22.9. The Labute approximate surface area is 197 Å². The first-order valence-corrected chi connectivity index (χ1v) is 11.4. The molecule has 3 heterocycles. The second-order valence-electron chi connectivity index (χ2n) is 8.47. The smallest absolute Gasteiger partial charge is 0.322 e. The number of hydrogen-bond donors (Lipinski definition) is 1. The molecule has 1 saturated heterocycles. The number of benzene rings is 2. The van der Waals surface area contributed by atoms with Gasteiger partial charge in [0, 0.05) is 22.9 Å². The van der Waals surface area contributed by atoms with Crippen LogP contribution in [-0.4, -0.2) is 40.3 Å². The predicted molar refractivity (Wildman–Crippen MR) is 125 cm³/mol. The summed E-state index contributed by atoms with van der Waals surface area (Å²) in [6, 6.07) is 14.8. The number of nitrogens with one attached hydrogen (secondary N) is 1. The van der Waals surface area contributed by atoms with Crippen molar-refractivity contribution >= 4 is 23.2 Å². The first kappa shape index (κ1) is 21.7. The number of rotatable bonds is 5. The number of aryl methyl sites for hydroxylation is 1. The van der Waals surface area contributed by atoms with Crippen LogP contribution in [0.3, 0.4) is 0 Å². The van der Waals surface area contributed by atoms with Crippen molar-refractivity contribution in [1.29, 1.82) is 0 Å². The van der Waals surface area contributed by atoms with Crippen LogP contribution in [0.5, 0.6) is 0 Å². The molecule has 1 aromatic heterocycles. The van der Waals surface area contributed by atoms with Crippen molar-refractivity contribution in [2.75, 3.05) is 13.2 Å². The van der Waals surface area contributed by atoms with Gasteiger partial charge in [0.15, 0.2) is 0 Å². The Kier molecular flexibility index (Phi) is 5.91. The highest BCUT2D eigenvalue weighted by atomic mass is 35.5. The molecule has 5 rings (SSSR count). The van der Waals surface area contributed by atoms with Gasteiger partial charge in [0.05, 0.1) is 24.3 Å². The summed E-state index contributed by atoms with van der Waals surface area (Å²) in [6.45, 7) is 5.18. The third kappa shape index (κ3) is 4.38. The summed E-state index contributed by atoms with van der Waals surface area (Å²) in [6.07, 6.45) is 1.97. The van der Waals surface area contributed by atoms with Gasteiger partial charge in [-0.15, -0.1) is 0 Å². The van der Waals surface area contributed by atoms with Crippen molar-refractivity contribution in [3.63, 3.8) is 0 Å². The molecular weight excluding hydrogens is 440 g/mol. The van der Waals surface area contributed by atoms with E-state index in [0.29, 0.717) is 23.3 Å². The topological polar surface area (TPSA) is 80.5 Å². The molecule has 3 aromatic rings. The number of aromatic nitrogens is 2. The van der Waals surface area contributed by atoms with Gasteiger partial charge in [-0.1, -0.05) is 46.6 Å². The first-order chi connectivity index (χ1) is 16.0. The lowest BCUT2D eigenvalue weighted by Crippen LogP contribution is -2.48. The number of amides is 2. The molecule has 2 amide bonds. The van der Waals surface area contributed by atoms with E-state index in [9.17, 15) is 4.79 Å². The lowest BCUT2D eigenvalue weighted by Gasteiger charge is -2.36. The fraction of sp³-hybridized carbons (Fsp3) is 0.320. The summed E-state index contributed by atoms with van der Waals surface area (Å²) >= 11 is 6.02. The minimum Gasteiger partial charge on any atom is -0.376 e. The van der Waals surface area contributed by atoms with E-state index >= 15 is 0 Å². The largest absolute Gasteiger partial charge is 0.376 e. The zero-order valence-electron chi connectivity index (χ0n) is 18.5. The number of nitrogens with zero attached hydrogens (tertiary/aromatic N) is 3. The maximum Gasteiger partial charge on any atom is 0.322 e. The number of urea groups is 1. The maximum absolute atomic E-state index is 13.1. The molecule has 170 valence electrons. The molecule has 2 aliphatic rings. The van der Waals surface area contributed by atoms with E-state index < -0.39 is 6.04 Å². The number of carbonyl (C=O) groups excluding carboxylic acids is 1. The fourth-order valence-electron chi connectivity index (χ4n) is 4.33. The summed E-state index contributed by atoms with van der Waals surface area (Å²) in [5.74, 6) is 0.840. The molecule has 0 radical (unpaired) electrons. The molecule has 0 spiro atoms. The van der Waals surface area contributed by atoms with Crippen LogP contribution in [0.1, 0.15) is 42.8 Å². The Morgan fingerprint density at radius 2 is 1.88 bits per heavy atom. The van der Waals surface area contributed by atoms with Gasteiger partial charge in [-0.2, -0.15) is 4.98 Å². The van der Waals surface area contributed by atoms with Crippen molar-refractivity contribution in [3.8, 4) is 11.4 Å². The van der Waals surface area contributed by atoms with Crippen molar-refractivity contribution in [2.45, 2.75) is 38.8 Å². The van der Waals surface area contributed by atoms with Gasteiger partial charge < -0.3 is 14.6 Å². The number of allylic oxidation sites excluding steroid dienone is 1. The van der Waals surface area contributed by atoms with Crippen LogP contribution >= 0.6 is 11.6 Å². The molecule has 2 aromatic carbocycles. The highest BCUT2D eigenvalue weighted by Crippen LogP contribution is 2.38. The SMILES string of the molecule is CC1=C(c2nc(-c3ccc(Cl)cc3)no2)C(c2ccc(C)cc2)NC(=O)N1CC1CCCO1. The van der Waals surface area contributed by atoms with Crippen LogP contribution < -0.4 is 5.32 Å². The molecule has 0 saturated carbocycles. The summed E-state index contributed by atoms with van der Waals surface area (Å²) in [7, 11) is 0. The van der Waals surface area contributed by atoms with Crippen LogP contribution in [0.15, 0.2) is 58.8 Å². The average molecular weight is 465 g/mol. The third-order valence-corrected chi connectivity index (χ3v) is 6.43. The normalized spacial score (nSPS) is 20.9. The lowest BCUT2D eigenvalue weighted by atomic mass is 9.94. The minimum atomic E-state index is -0.405. The third-order valence-electron chi connectivity index (χ3n) is 6.18. The summed E-state index contributed by atoms with van der Waals surface area (Å²) < 4.78 is 11.5. The van der Waals surface area contributed by atoms with Gasteiger partial charge in [-0.3, -0.25) is 4.90 Å². The van der Waals surface area contributed by atoms with Crippen LogP contribution in [0.25, 0.3) is 17.0 Å². The Balaban J connectivity index is 1.56. The van der Waals surface area contributed by atoms with E-state index in [1.165, 1.54) is 0 Å². The second-order valence-corrected chi connectivity index (χ2v) is 8.90. The number of ether oxygens (including phenoxy) is 1. The van der Waals surface area contributed by atoms with Crippen molar-refractivity contribution in [2.24, 2.45) is 0 Å². The highest BCUT2D eigenvalue weighted by molar-refractivity contribution is 6.30. The number of carbonyl (C=O) groups is 1. The zero-order valence-corrected chi connectivity index (χ0v) is 19.3. The van der Waals surface area contributed by atoms with Crippen LogP contribution in [0, 0.1) is 6.92 Å². The van der Waals surface area contributed by atoms with Gasteiger partial charge in [-0.25, -0.2) is 4.79 Å². The molecule has 1 fully saturated rings. The Morgan fingerprint density at radius 3 is 2.58 bits per heavy atom. The van der Waals surface area contributed by atoms with Gasteiger partial charge in [-0.05, 0) is 56.5 Å². The molecule has 2 aliphatic heterocycles. The predicted octanol–water partition coefficient (Wildman–Crippen LogP) is 5.37. The van der Waals surface area contributed by atoms with Gasteiger partial charge >= 0.3 is 6.03 Å². The van der Waals surface area contributed by atoms with Crippen LogP contribution in [0.2, 0.25) is 5.02 Å².